The minimum Gasteiger partial charge on any atom is -0.353 e. The predicted molar refractivity (Wildman–Crippen MR) is 114 cm³/mol. The van der Waals surface area contributed by atoms with Crippen LogP contribution in [0.1, 0.15) is 11.1 Å². The van der Waals surface area contributed by atoms with Crippen molar-refractivity contribution in [1.82, 2.24) is 29.7 Å². The Hall–Kier alpha value is -3.89. The summed E-state index contributed by atoms with van der Waals surface area (Å²) in [6.45, 7) is 1.18. The Morgan fingerprint density at radius 3 is 2.55 bits per heavy atom. The number of halogens is 3. The highest BCUT2D eigenvalue weighted by Gasteiger charge is 2.34. The Morgan fingerprint density at radius 2 is 1.88 bits per heavy atom. The summed E-state index contributed by atoms with van der Waals surface area (Å²) in [5, 5.41) is 11.3. The van der Waals surface area contributed by atoms with Crippen LogP contribution >= 0.6 is 0 Å². The van der Waals surface area contributed by atoms with Crippen LogP contribution in [-0.4, -0.2) is 43.4 Å². The summed E-state index contributed by atoms with van der Waals surface area (Å²) < 4.78 is 41.5. The van der Waals surface area contributed by atoms with E-state index >= 15 is 0 Å². The van der Waals surface area contributed by atoms with Gasteiger partial charge in [-0.15, -0.1) is 0 Å². The molecule has 0 unspecified atom stereocenters. The summed E-state index contributed by atoms with van der Waals surface area (Å²) in [6, 6.07) is 6.78. The van der Waals surface area contributed by atoms with Crippen LogP contribution in [0.15, 0.2) is 55.2 Å². The van der Waals surface area contributed by atoms with E-state index in [1.807, 2.05) is 30.4 Å². The molecule has 0 atom stereocenters. The van der Waals surface area contributed by atoms with E-state index < -0.39 is 11.7 Å². The smallest absolute Gasteiger partial charge is 0.353 e. The van der Waals surface area contributed by atoms with Gasteiger partial charge < -0.3 is 10.2 Å². The molecule has 33 heavy (non-hydrogen) atoms. The van der Waals surface area contributed by atoms with Gasteiger partial charge in [-0.2, -0.15) is 23.4 Å². The van der Waals surface area contributed by atoms with Gasteiger partial charge in [-0.05, 0) is 23.8 Å². The first-order chi connectivity index (χ1) is 15.8. The molecule has 1 aliphatic rings. The topological polar surface area (TPSA) is 80.4 Å². The van der Waals surface area contributed by atoms with Gasteiger partial charge in [0.2, 0.25) is 5.91 Å². The van der Waals surface area contributed by atoms with Crippen molar-refractivity contribution in [3.05, 3.63) is 66.4 Å². The molecule has 0 spiro atoms. The molecule has 1 aromatic carbocycles. The zero-order valence-corrected chi connectivity index (χ0v) is 17.6. The van der Waals surface area contributed by atoms with Crippen LogP contribution in [-0.2, 0) is 24.6 Å². The molecule has 0 aliphatic carbocycles. The van der Waals surface area contributed by atoms with Crippen molar-refractivity contribution in [2.75, 3.05) is 18.0 Å². The third-order valence-corrected chi connectivity index (χ3v) is 5.72. The highest BCUT2D eigenvalue weighted by atomic mass is 19.4. The molecule has 0 saturated carbocycles. The monoisotopic (exact) mass is 455 g/mol. The maximum atomic E-state index is 12.7. The van der Waals surface area contributed by atoms with E-state index in [1.165, 1.54) is 18.5 Å². The van der Waals surface area contributed by atoms with Crippen molar-refractivity contribution in [3.63, 3.8) is 0 Å². The van der Waals surface area contributed by atoms with E-state index in [4.69, 9.17) is 0 Å². The first-order valence-corrected chi connectivity index (χ1v) is 10.3. The molecule has 1 fully saturated rings. The van der Waals surface area contributed by atoms with Gasteiger partial charge in [0, 0.05) is 50.2 Å². The van der Waals surface area contributed by atoms with Crippen LogP contribution in [0.2, 0.25) is 0 Å². The number of aromatic nitrogens is 5. The summed E-state index contributed by atoms with van der Waals surface area (Å²) in [6.07, 6.45) is 2.71. The lowest BCUT2D eigenvalue weighted by molar-refractivity contribution is -0.137. The van der Waals surface area contributed by atoms with Crippen molar-refractivity contribution in [2.24, 2.45) is 13.0 Å². The van der Waals surface area contributed by atoms with Crippen molar-refractivity contribution in [1.29, 1.82) is 0 Å². The largest absolute Gasteiger partial charge is 0.416 e. The number of alkyl halides is 3. The summed E-state index contributed by atoms with van der Waals surface area (Å²) in [5.74, 6) is 0.386. The lowest BCUT2D eigenvalue weighted by atomic mass is 9.99. The van der Waals surface area contributed by atoms with Crippen LogP contribution < -0.4 is 10.2 Å². The summed E-state index contributed by atoms with van der Waals surface area (Å²) >= 11 is 0. The van der Waals surface area contributed by atoms with Gasteiger partial charge in [0.15, 0.2) is 5.82 Å². The first kappa shape index (κ1) is 21.0. The first-order valence-electron chi connectivity index (χ1n) is 10.3. The molecule has 1 aliphatic heterocycles. The number of nitrogens with zero attached hydrogens (tertiary/aromatic N) is 6. The molecule has 1 N–H and O–H groups in total. The molecular weight excluding hydrogens is 435 g/mol. The van der Waals surface area contributed by atoms with E-state index in [0.29, 0.717) is 18.7 Å². The maximum Gasteiger partial charge on any atom is 0.416 e. The number of anilines is 1. The minimum atomic E-state index is -4.37. The highest BCUT2D eigenvalue weighted by Crippen LogP contribution is 2.31. The van der Waals surface area contributed by atoms with E-state index in [9.17, 15) is 18.0 Å². The molecule has 5 rings (SSSR count). The number of carbonyl (C=O) groups excluding carboxylic acids is 1. The van der Waals surface area contributed by atoms with Crippen molar-refractivity contribution in [3.8, 4) is 11.1 Å². The minimum absolute atomic E-state index is 0.136. The van der Waals surface area contributed by atoms with E-state index in [1.54, 1.807) is 15.4 Å². The molecule has 170 valence electrons. The SMILES string of the molecule is Cn1cc(-c2cc3c(N4CC(C(=O)NCc5ccc(C(F)(F)F)cc5)C4)ncnn3c2)cn1. The van der Waals surface area contributed by atoms with Crippen LogP contribution in [0.3, 0.4) is 0 Å². The number of nitrogens with one attached hydrogen (secondary N) is 1. The van der Waals surface area contributed by atoms with Gasteiger partial charge in [-0.1, -0.05) is 12.1 Å². The van der Waals surface area contributed by atoms with Gasteiger partial charge in [-0.25, -0.2) is 9.50 Å². The standard InChI is InChI=1S/C22H20F3N7O/c1-30-9-16(8-28-30)15-6-19-20(27-13-29-32(19)12-15)31-10-17(11-31)21(33)26-7-14-2-4-18(5-3-14)22(23,24)25/h2-6,8-9,12-13,17H,7,10-11H2,1H3,(H,26,33). The molecule has 11 heteroatoms. The maximum absolute atomic E-state index is 12.7. The summed E-state index contributed by atoms with van der Waals surface area (Å²) in [5.41, 5.74) is 2.68. The third kappa shape index (κ3) is 4.13. The van der Waals surface area contributed by atoms with Crippen LogP contribution in [0, 0.1) is 5.92 Å². The van der Waals surface area contributed by atoms with Crippen molar-refractivity contribution < 1.29 is 18.0 Å². The van der Waals surface area contributed by atoms with E-state index in [0.717, 1.165) is 34.6 Å². The van der Waals surface area contributed by atoms with Gasteiger partial charge in [0.25, 0.3) is 0 Å². The van der Waals surface area contributed by atoms with Gasteiger partial charge in [0.05, 0.1) is 17.7 Å². The van der Waals surface area contributed by atoms with Crippen LogP contribution in [0.25, 0.3) is 16.6 Å². The normalized spacial score (nSPS) is 14.5. The van der Waals surface area contributed by atoms with E-state index in [2.05, 4.69) is 20.5 Å². The lowest BCUT2D eigenvalue weighted by Crippen LogP contribution is -2.54. The van der Waals surface area contributed by atoms with Crippen molar-refractivity contribution in [2.45, 2.75) is 12.7 Å². The fraction of sp³-hybridized carbons (Fsp3) is 0.273. The second-order valence-electron chi connectivity index (χ2n) is 8.06. The average molecular weight is 455 g/mol. The zero-order chi connectivity index (χ0) is 23.2. The average Bonchev–Trinajstić information content (AvgIpc) is 3.37. The third-order valence-electron chi connectivity index (χ3n) is 5.72. The molecule has 3 aromatic heterocycles. The number of hydrogen-bond donors (Lipinski definition) is 1. The number of rotatable bonds is 5. The Balaban J connectivity index is 1.21. The highest BCUT2D eigenvalue weighted by molar-refractivity contribution is 5.84. The fourth-order valence-electron chi connectivity index (χ4n) is 3.85. The molecule has 1 saturated heterocycles. The lowest BCUT2D eigenvalue weighted by Gasteiger charge is -2.39. The molecule has 0 bridgehead atoms. The Kier molecular flexibility index (Phi) is 5.03. The Morgan fingerprint density at radius 1 is 1.12 bits per heavy atom. The number of benzene rings is 1. The second-order valence-corrected chi connectivity index (χ2v) is 8.06. The number of fused-ring (bicyclic) bond motifs is 1. The molecule has 8 nitrogen and oxygen atoms in total. The molecule has 1 amide bonds. The zero-order valence-electron chi connectivity index (χ0n) is 17.6. The molecule has 4 heterocycles. The van der Waals surface area contributed by atoms with Crippen molar-refractivity contribution >= 4 is 17.2 Å². The predicted octanol–water partition coefficient (Wildman–Crippen LogP) is 2.90. The quantitative estimate of drug-likeness (QED) is 0.501. The fourth-order valence-corrected chi connectivity index (χ4v) is 3.85. The van der Waals surface area contributed by atoms with Crippen LogP contribution in [0.5, 0.6) is 0 Å². The Bertz CT molecular complexity index is 1300. The summed E-state index contributed by atoms with van der Waals surface area (Å²) in [7, 11) is 1.85. The molecule has 4 aromatic rings. The van der Waals surface area contributed by atoms with Gasteiger partial charge in [-0.3, -0.25) is 9.48 Å². The Labute approximate surface area is 186 Å². The van der Waals surface area contributed by atoms with Gasteiger partial charge >= 0.3 is 6.18 Å². The van der Waals surface area contributed by atoms with Crippen LogP contribution in [0.4, 0.5) is 19.0 Å². The van der Waals surface area contributed by atoms with Gasteiger partial charge in [0.1, 0.15) is 11.8 Å². The number of carbonyl (C=O) groups is 1. The number of aryl methyl sites for hydroxylation is 1. The number of amides is 1. The summed E-state index contributed by atoms with van der Waals surface area (Å²) in [4.78, 5) is 18.9. The molecule has 0 radical (unpaired) electrons. The number of hydrogen-bond acceptors (Lipinski definition) is 5. The molecular formula is C22H20F3N7O. The van der Waals surface area contributed by atoms with E-state index in [-0.39, 0.29) is 18.4 Å². The second kappa shape index (κ2) is 7.91.